The highest BCUT2D eigenvalue weighted by atomic mass is 16.5. The van der Waals surface area contributed by atoms with E-state index in [-0.39, 0.29) is 5.56 Å². The second kappa shape index (κ2) is 11.6. The highest BCUT2D eigenvalue weighted by Crippen LogP contribution is 2.18. The van der Waals surface area contributed by atoms with Crippen molar-refractivity contribution >= 4 is 11.6 Å². The second-order valence-electron chi connectivity index (χ2n) is 9.62. The maximum Gasteiger partial charge on any atom is 0.252 e. The normalized spacial score (nSPS) is 17.7. The fourth-order valence-electron chi connectivity index (χ4n) is 5.09. The van der Waals surface area contributed by atoms with E-state index in [0.717, 1.165) is 76.8 Å². The van der Waals surface area contributed by atoms with Crippen LogP contribution < -0.4 is 20.1 Å². The largest absolute Gasteiger partial charge is 0.497 e. The van der Waals surface area contributed by atoms with Gasteiger partial charge >= 0.3 is 0 Å². The minimum atomic E-state index is -0.0720. The Morgan fingerprint density at radius 1 is 0.806 bits per heavy atom. The van der Waals surface area contributed by atoms with Crippen LogP contribution in [0.4, 0.5) is 11.6 Å². The number of anilines is 2. The molecule has 2 aliphatic heterocycles. The van der Waals surface area contributed by atoms with Gasteiger partial charge in [-0.05, 0) is 36.2 Å². The smallest absolute Gasteiger partial charge is 0.252 e. The zero-order chi connectivity index (χ0) is 24.7. The molecule has 190 valence electrons. The monoisotopic (exact) mass is 488 g/mol. The summed E-state index contributed by atoms with van der Waals surface area (Å²) in [4.78, 5) is 29.9. The standard InChI is InChI=1S/C28H36N6O2/c1-36-26-10-8-23(9-11-26)21-31-12-5-13-34(19-16-31)28-29-24(20-27(35)30-28)22-32-14-17-33(18-15-32)25-6-3-2-4-7-25/h2-4,6-11,20H,5,12-19,21-22H2,1H3,(H,29,30,35). The van der Waals surface area contributed by atoms with Crippen LogP contribution in [-0.4, -0.2) is 79.2 Å². The number of aromatic nitrogens is 2. The molecule has 0 amide bonds. The fourth-order valence-corrected chi connectivity index (χ4v) is 5.09. The lowest BCUT2D eigenvalue weighted by molar-refractivity contribution is 0.247. The van der Waals surface area contributed by atoms with E-state index in [1.54, 1.807) is 13.2 Å². The predicted octanol–water partition coefficient (Wildman–Crippen LogP) is 2.81. The molecule has 8 nitrogen and oxygen atoms in total. The Kier molecular flexibility index (Phi) is 7.83. The van der Waals surface area contributed by atoms with Gasteiger partial charge in [-0.1, -0.05) is 30.3 Å². The number of piperazine rings is 1. The molecule has 0 unspecified atom stereocenters. The molecular weight excluding hydrogens is 452 g/mol. The first-order chi connectivity index (χ1) is 17.7. The molecular formula is C28H36N6O2. The quantitative estimate of drug-likeness (QED) is 0.549. The number of H-pyrrole nitrogens is 1. The van der Waals surface area contributed by atoms with Crippen molar-refractivity contribution in [3.05, 3.63) is 82.3 Å². The van der Waals surface area contributed by atoms with Gasteiger partial charge in [-0.2, -0.15) is 0 Å². The highest BCUT2D eigenvalue weighted by Gasteiger charge is 2.20. The first-order valence-corrected chi connectivity index (χ1v) is 12.9. The Hall–Kier alpha value is -3.36. The van der Waals surface area contributed by atoms with Crippen molar-refractivity contribution < 1.29 is 4.74 Å². The first-order valence-electron chi connectivity index (χ1n) is 12.9. The van der Waals surface area contributed by atoms with Crippen LogP contribution in [0.5, 0.6) is 5.75 Å². The van der Waals surface area contributed by atoms with E-state index in [9.17, 15) is 4.79 Å². The number of hydrogen-bond donors (Lipinski definition) is 1. The minimum absolute atomic E-state index is 0.0720. The molecule has 36 heavy (non-hydrogen) atoms. The number of ether oxygens (including phenoxy) is 1. The van der Waals surface area contributed by atoms with Crippen molar-refractivity contribution in [2.75, 3.05) is 69.3 Å². The van der Waals surface area contributed by atoms with E-state index in [2.05, 4.69) is 67.0 Å². The summed E-state index contributed by atoms with van der Waals surface area (Å²) in [5.74, 6) is 1.58. The molecule has 5 rings (SSSR count). The third-order valence-corrected chi connectivity index (χ3v) is 7.11. The summed E-state index contributed by atoms with van der Waals surface area (Å²) in [6.07, 6.45) is 1.03. The number of benzene rings is 2. The van der Waals surface area contributed by atoms with Gasteiger partial charge in [-0.15, -0.1) is 0 Å². The molecule has 1 N–H and O–H groups in total. The number of rotatable bonds is 7. The van der Waals surface area contributed by atoms with Gasteiger partial charge in [0.2, 0.25) is 5.95 Å². The molecule has 3 aromatic rings. The Labute approximate surface area is 213 Å². The molecule has 0 spiro atoms. The zero-order valence-corrected chi connectivity index (χ0v) is 21.1. The summed E-state index contributed by atoms with van der Waals surface area (Å²) in [5, 5.41) is 0. The molecule has 0 bridgehead atoms. The molecule has 2 fully saturated rings. The molecule has 2 saturated heterocycles. The van der Waals surface area contributed by atoms with Crippen LogP contribution in [0.2, 0.25) is 0 Å². The van der Waals surface area contributed by atoms with Gasteiger partial charge in [0.1, 0.15) is 5.75 Å². The number of nitrogens with zero attached hydrogens (tertiary/aromatic N) is 5. The Bertz CT molecular complexity index is 1160. The lowest BCUT2D eigenvalue weighted by Crippen LogP contribution is -2.46. The van der Waals surface area contributed by atoms with Crippen LogP contribution in [0.25, 0.3) is 0 Å². The van der Waals surface area contributed by atoms with E-state index in [4.69, 9.17) is 9.72 Å². The molecule has 0 saturated carbocycles. The summed E-state index contributed by atoms with van der Waals surface area (Å²) >= 11 is 0. The number of nitrogens with one attached hydrogen (secondary N) is 1. The Morgan fingerprint density at radius 3 is 2.22 bits per heavy atom. The predicted molar refractivity (Wildman–Crippen MR) is 144 cm³/mol. The van der Waals surface area contributed by atoms with Gasteiger partial charge in [0.15, 0.2) is 0 Å². The van der Waals surface area contributed by atoms with Gasteiger partial charge in [0.05, 0.1) is 12.8 Å². The third-order valence-electron chi connectivity index (χ3n) is 7.11. The molecule has 0 aliphatic carbocycles. The maximum atomic E-state index is 12.5. The second-order valence-corrected chi connectivity index (χ2v) is 9.62. The fraction of sp³-hybridized carbons (Fsp3) is 0.429. The van der Waals surface area contributed by atoms with E-state index in [1.165, 1.54) is 11.3 Å². The van der Waals surface area contributed by atoms with Crippen LogP contribution >= 0.6 is 0 Å². The minimum Gasteiger partial charge on any atom is -0.497 e. The van der Waals surface area contributed by atoms with Crippen LogP contribution in [0.1, 0.15) is 17.7 Å². The third kappa shape index (κ3) is 6.25. The Morgan fingerprint density at radius 2 is 1.50 bits per heavy atom. The number of para-hydroxylation sites is 1. The van der Waals surface area contributed by atoms with Crippen molar-refractivity contribution in [3.8, 4) is 5.75 Å². The lowest BCUT2D eigenvalue weighted by Gasteiger charge is -2.36. The maximum absolute atomic E-state index is 12.5. The van der Waals surface area contributed by atoms with Crippen LogP contribution in [-0.2, 0) is 13.1 Å². The molecule has 2 aromatic carbocycles. The van der Waals surface area contributed by atoms with Gasteiger partial charge in [0, 0.05) is 77.2 Å². The van der Waals surface area contributed by atoms with E-state index in [0.29, 0.717) is 12.5 Å². The zero-order valence-electron chi connectivity index (χ0n) is 21.1. The van der Waals surface area contributed by atoms with Gasteiger partial charge in [-0.25, -0.2) is 4.98 Å². The highest BCUT2D eigenvalue weighted by molar-refractivity contribution is 5.46. The van der Waals surface area contributed by atoms with Crippen LogP contribution in [0.15, 0.2) is 65.5 Å². The van der Waals surface area contributed by atoms with Crippen molar-refractivity contribution in [1.82, 2.24) is 19.8 Å². The van der Waals surface area contributed by atoms with Crippen molar-refractivity contribution in [1.29, 1.82) is 0 Å². The molecule has 8 heteroatoms. The van der Waals surface area contributed by atoms with Crippen LogP contribution in [0.3, 0.4) is 0 Å². The number of methoxy groups -OCH3 is 1. The topological polar surface area (TPSA) is 67.9 Å². The Balaban J connectivity index is 1.17. The average Bonchev–Trinajstić information content (AvgIpc) is 3.15. The van der Waals surface area contributed by atoms with Crippen molar-refractivity contribution in [3.63, 3.8) is 0 Å². The summed E-state index contributed by atoms with van der Waals surface area (Å²) < 4.78 is 5.27. The summed E-state index contributed by atoms with van der Waals surface area (Å²) in [7, 11) is 1.69. The van der Waals surface area contributed by atoms with Crippen molar-refractivity contribution in [2.24, 2.45) is 0 Å². The summed E-state index contributed by atoms with van der Waals surface area (Å²) in [5.41, 5.74) is 3.33. The van der Waals surface area contributed by atoms with Gasteiger partial charge < -0.3 is 14.5 Å². The van der Waals surface area contributed by atoms with Gasteiger partial charge in [-0.3, -0.25) is 19.6 Å². The number of aromatic amines is 1. The molecule has 3 heterocycles. The average molecular weight is 489 g/mol. The molecule has 0 radical (unpaired) electrons. The summed E-state index contributed by atoms with van der Waals surface area (Å²) in [6.45, 7) is 9.20. The van der Waals surface area contributed by atoms with E-state index < -0.39 is 0 Å². The van der Waals surface area contributed by atoms with Gasteiger partial charge in [0.25, 0.3) is 5.56 Å². The lowest BCUT2D eigenvalue weighted by atomic mass is 10.2. The van der Waals surface area contributed by atoms with E-state index >= 15 is 0 Å². The number of hydrogen-bond acceptors (Lipinski definition) is 7. The molecule has 1 aromatic heterocycles. The van der Waals surface area contributed by atoms with E-state index in [1.807, 2.05) is 12.1 Å². The molecule has 2 aliphatic rings. The molecule has 0 atom stereocenters. The first kappa shape index (κ1) is 24.3. The van der Waals surface area contributed by atoms with Crippen molar-refractivity contribution in [2.45, 2.75) is 19.5 Å². The SMILES string of the molecule is COc1ccc(CN2CCCN(c3nc(CN4CCN(c5ccccc5)CC4)cc(=O)[nH]3)CC2)cc1. The van der Waals surface area contributed by atoms with Crippen LogP contribution in [0, 0.1) is 0 Å². The summed E-state index contributed by atoms with van der Waals surface area (Å²) in [6, 6.07) is 20.5.